The number of piperazine rings is 1. The molecular formula is C27H42N8O3. The number of hydrogen-bond donors (Lipinski definition) is 4. The Hall–Kier alpha value is -3.28. The Labute approximate surface area is 225 Å². The van der Waals surface area contributed by atoms with Gasteiger partial charge in [0.25, 0.3) is 0 Å². The Bertz CT molecular complexity index is 1010. The van der Waals surface area contributed by atoms with Crippen molar-refractivity contribution in [2.24, 2.45) is 27.6 Å². The molecular weight excluding hydrogens is 484 g/mol. The predicted molar refractivity (Wildman–Crippen MR) is 148 cm³/mol. The van der Waals surface area contributed by atoms with Crippen molar-refractivity contribution >= 4 is 30.3 Å². The van der Waals surface area contributed by atoms with Gasteiger partial charge in [-0.2, -0.15) is 0 Å². The van der Waals surface area contributed by atoms with E-state index in [1.165, 1.54) is 31.5 Å². The van der Waals surface area contributed by atoms with Crippen LogP contribution in [0.3, 0.4) is 0 Å². The summed E-state index contributed by atoms with van der Waals surface area (Å²) < 4.78 is 0. The van der Waals surface area contributed by atoms with Crippen molar-refractivity contribution < 1.29 is 14.4 Å². The smallest absolute Gasteiger partial charge is 0.242 e. The molecule has 0 radical (unpaired) electrons. The van der Waals surface area contributed by atoms with Crippen molar-refractivity contribution in [1.29, 1.82) is 0 Å². The molecule has 3 fully saturated rings. The number of nitrogens with two attached hydrogens (primary N) is 3. The molecule has 11 nitrogen and oxygen atoms in total. The molecule has 0 atom stereocenters. The molecule has 1 spiro atoms. The molecule has 0 aromatic heterocycles. The number of hydrogen-bond acceptors (Lipinski definition) is 7. The Balaban J connectivity index is 0.00000127. The van der Waals surface area contributed by atoms with E-state index in [0.717, 1.165) is 24.5 Å². The van der Waals surface area contributed by atoms with E-state index in [4.69, 9.17) is 21.3 Å². The zero-order chi connectivity index (χ0) is 27.8. The summed E-state index contributed by atoms with van der Waals surface area (Å²) in [6.45, 7) is 9.31. The van der Waals surface area contributed by atoms with Gasteiger partial charge in [-0.3, -0.25) is 14.4 Å². The molecule has 0 unspecified atom stereocenters. The van der Waals surface area contributed by atoms with Gasteiger partial charge in [-0.05, 0) is 62.3 Å². The number of rotatable bonds is 8. The van der Waals surface area contributed by atoms with Gasteiger partial charge in [0.05, 0.1) is 11.2 Å². The molecule has 1 aromatic rings. The van der Waals surface area contributed by atoms with Crippen LogP contribution in [-0.2, 0) is 20.8 Å². The largest absolute Gasteiger partial charge is 0.372 e. The Morgan fingerprint density at radius 3 is 2.37 bits per heavy atom. The van der Waals surface area contributed by atoms with Crippen molar-refractivity contribution in [3.63, 3.8) is 0 Å². The fraction of sp³-hybridized carbons (Fsp3) is 0.556. The number of nitrogens with one attached hydrogen (secondary N) is 1. The number of aliphatic imine (C=N–C) groups is 1. The van der Waals surface area contributed by atoms with Crippen LogP contribution in [0.1, 0.15) is 32.3 Å². The average molecular weight is 527 g/mol. The summed E-state index contributed by atoms with van der Waals surface area (Å²) in [5, 5.41) is 2.56. The Kier molecular flexibility index (Phi) is 10.0. The number of carbonyl (C=O) groups excluding carboxylic acids is 3. The minimum absolute atomic E-state index is 0.0465. The highest BCUT2D eigenvalue weighted by Crippen LogP contribution is 2.47. The van der Waals surface area contributed by atoms with Crippen LogP contribution in [0.25, 0.3) is 0 Å². The van der Waals surface area contributed by atoms with Crippen LogP contribution < -0.4 is 22.5 Å². The lowest BCUT2D eigenvalue weighted by molar-refractivity contribution is -0.137. The first-order valence-electron chi connectivity index (χ1n) is 13.1. The van der Waals surface area contributed by atoms with Gasteiger partial charge in [0, 0.05) is 58.1 Å². The summed E-state index contributed by atoms with van der Waals surface area (Å²) in [5.74, 6) is 0.705. The number of carbonyl (C=O) groups is 3. The first-order valence-corrected chi connectivity index (χ1v) is 13.1. The molecule has 3 aliphatic rings. The van der Waals surface area contributed by atoms with Crippen molar-refractivity contribution in [3.05, 3.63) is 42.1 Å². The summed E-state index contributed by atoms with van der Waals surface area (Å²) in [6, 6.07) is 8.73. The second-order valence-electron chi connectivity index (χ2n) is 11.0. The number of benzene rings is 1. The molecule has 38 heavy (non-hydrogen) atoms. The summed E-state index contributed by atoms with van der Waals surface area (Å²) in [4.78, 5) is 43.2. The highest BCUT2D eigenvalue weighted by molar-refractivity contribution is 5.95. The minimum atomic E-state index is -0.880. The van der Waals surface area contributed by atoms with Crippen LogP contribution >= 0.6 is 0 Å². The van der Waals surface area contributed by atoms with E-state index in [0.29, 0.717) is 44.0 Å². The van der Waals surface area contributed by atoms with Crippen LogP contribution in [0.2, 0.25) is 0 Å². The average Bonchev–Trinajstić information content (AvgIpc) is 2.84. The molecule has 2 heterocycles. The van der Waals surface area contributed by atoms with Crippen molar-refractivity contribution in [1.82, 2.24) is 20.0 Å². The van der Waals surface area contributed by atoms with Crippen LogP contribution in [0.5, 0.6) is 0 Å². The topological polar surface area (TPSA) is 163 Å². The molecule has 4 rings (SSSR count). The molecule has 208 valence electrons. The van der Waals surface area contributed by atoms with E-state index in [1.54, 1.807) is 31.0 Å². The fourth-order valence-electron chi connectivity index (χ4n) is 5.49. The lowest BCUT2D eigenvalue weighted by atomic mass is 9.61. The summed E-state index contributed by atoms with van der Waals surface area (Å²) in [7, 11) is 0. The quantitative estimate of drug-likeness (QED) is 0.209. The van der Waals surface area contributed by atoms with Gasteiger partial charge in [0.15, 0.2) is 0 Å². The second kappa shape index (κ2) is 13.0. The summed E-state index contributed by atoms with van der Waals surface area (Å²) in [5.41, 5.74) is 17.9. The van der Waals surface area contributed by atoms with Crippen molar-refractivity contribution in [2.45, 2.75) is 44.7 Å². The van der Waals surface area contributed by atoms with Crippen LogP contribution in [0.4, 0.5) is 5.69 Å². The number of nitrogens with zero attached hydrogens (tertiary/aromatic N) is 4. The third-order valence-electron chi connectivity index (χ3n) is 7.22. The molecule has 1 aliphatic carbocycles. The van der Waals surface area contributed by atoms with Crippen molar-refractivity contribution in [2.75, 3.05) is 45.8 Å². The van der Waals surface area contributed by atoms with E-state index >= 15 is 0 Å². The van der Waals surface area contributed by atoms with Gasteiger partial charge in [0.2, 0.25) is 18.7 Å². The van der Waals surface area contributed by atoms with Gasteiger partial charge in [-0.15, -0.1) is 0 Å². The molecule has 2 saturated heterocycles. The predicted octanol–water partition coefficient (Wildman–Crippen LogP) is -0.0751. The van der Waals surface area contributed by atoms with Gasteiger partial charge >= 0.3 is 0 Å². The SMILES string of the molecule is CC(C)(N)C(=O)N1CCN(C(/C=C\NC=O)=Nc2cccc(CCN3CC4(CC(N)C4)C3)c2)CC1.NC=O. The Morgan fingerprint density at radius 2 is 1.79 bits per heavy atom. The third kappa shape index (κ3) is 7.86. The maximum absolute atomic E-state index is 12.5. The molecule has 1 aromatic carbocycles. The minimum Gasteiger partial charge on any atom is -0.372 e. The van der Waals surface area contributed by atoms with E-state index in [9.17, 15) is 9.59 Å². The number of amidine groups is 1. The second-order valence-corrected chi connectivity index (χ2v) is 11.0. The monoisotopic (exact) mass is 526 g/mol. The third-order valence-corrected chi connectivity index (χ3v) is 7.22. The van der Waals surface area contributed by atoms with Crippen LogP contribution in [0.15, 0.2) is 41.5 Å². The zero-order valence-electron chi connectivity index (χ0n) is 22.5. The van der Waals surface area contributed by atoms with Gasteiger partial charge < -0.3 is 37.2 Å². The summed E-state index contributed by atoms with van der Waals surface area (Å²) >= 11 is 0. The van der Waals surface area contributed by atoms with Gasteiger partial charge in [-0.1, -0.05) is 12.1 Å². The molecule has 3 amide bonds. The maximum Gasteiger partial charge on any atom is 0.242 e. The first kappa shape index (κ1) is 29.3. The maximum atomic E-state index is 12.5. The molecule has 0 bridgehead atoms. The van der Waals surface area contributed by atoms with Crippen LogP contribution in [-0.4, -0.2) is 96.7 Å². The number of amides is 3. The van der Waals surface area contributed by atoms with E-state index in [1.807, 2.05) is 12.1 Å². The summed E-state index contributed by atoms with van der Waals surface area (Å²) in [6.07, 6.45) is 7.60. The molecule has 11 heteroatoms. The molecule has 1 saturated carbocycles. The van der Waals surface area contributed by atoms with Gasteiger partial charge in [0.1, 0.15) is 5.84 Å². The molecule has 2 aliphatic heterocycles. The number of likely N-dealkylation sites (tertiary alicyclic amines) is 1. The lowest BCUT2D eigenvalue weighted by Gasteiger charge is -2.58. The van der Waals surface area contributed by atoms with Crippen LogP contribution in [0, 0.1) is 5.41 Å². The standard InChI is InChI=1S/C26H39N7O2.CH3NO/c1-25(2,28)24(35)33-12-10-32(11-13-33)23(6-8-29-19-34)30-22-5-3-4-20(14-22)7-9-31-17-26(18-31)15-21(27)16-26;2-1-3/h3-6,8,14,19,21H,7,9-13,15-18,27-28H2,1-2H3,(H,29,34);1H,(H2,2,3)/b8-6-,30-23?;. The van der Waals surface area contributed by atoms with Gasteiger partial charge in [-0.25, -0.2) is 4.99 Å². The van der Waals surface area contributed by atoms with E-state index < -0.39 is 5.54 Å². The normalized spacial score (nSPS) is 19.8. The van der Waals surface area contributed by atoms with E-state index in [-0.39, 0.29) is 12.3 Å². The number of primary amides is 1. The zero-order valence-corrected chi connectivity index (χ0v) is 22.5. The first-order chi connectivity index (χ1) is 18.1. The van der Waals surface area contributed by atoms with E-state index in [2.05, 4.69) is 33.0 Å². The van der Waals surface area contributed by atoms with Crippen molar-refractivity contribution in [3.8, 4) is 0 Å². The highest BCUT2D eigenvalue weighted by atomic mass is 16.2. The highest BCUT2D eigenvalue weighted by Gasteiger charge is 2.50. The molecule has 7 N–H and O–H groups in total. The lowest BCUT2D eigenvalue weighted by Crippen LogP contribution is -2.65. The fourth-order valence-corrected chi connectivity index (χ4v) is 5.49. The Morgan fingerprint density at radius 1 is 1.16 bits per heavy atom.